The van der Waals surface area contributed by atoms with Gasteiger partial charge < -0.3 is 24.8 Å². The van der Waals surface area contributed by atoms with Crippen molar-refractivity contribution in [3.63, 3.8) is 0 Å². The molecule has 0 aliphatic carbocycles. The number of carbonyl (C=O) groups excluding carboxylic acids is 3. The number of halogens is 1. The molecule has 3 unspecified atom stereocenters. The zero-order valence-electron chi connectivity index (χ0n) is 21.7. The number of amides is 3. The third-order valence-electron chi connectivity index (χ3n) is 7.21. The van der Waals surface area contributed by atoms with Gasteiger partial charge in [-0.2, -0.15) is 0 Å². The largest absolute Gasteiger partial charge is 0.376 e. The Balaban J connectivity index is 1.60. The molecule has 3 amide bonds. The molecule has 0 radical (unpaired) electrons. The van der Waals surface area contributed by atoms with E-state index in [1.54, 1.807) is 9.80 Å². The van der Waals surface area contributed by atoms with Crippen LogP contribution in [0.2, 0.25) is 0 Å². The van der Waals surface area contributed by atoms with Crippen LogP contribution in [0.15, 0.2) is 24.3 Å². The van der Waals surface area contributed by atoms with E-state index in [0.29, 0.717) is 57.7 Å². The maximum absolute atomic E-state index is 13.6. The number of ether oxygens (including phenoxy) is 1. The topological polar surface area (TPSA) is 82.2 Å². The predicted octanol–water partition coefficient (Wildman–Crippen LogP) is 2.28. The molecule has 3 fully saturated rings. The molecule has 9 heteroatoms. The Kier molecular flexibility index (Phi) is 8.30. The van der Waals surface area contributed by atoms with Crippen molar-refractivity contribution in [2.75, 3.05) is 45.9 Å². The molecule has 0 spiro atoms. The van der Waals surface area contributed by atoms with E-state index >= 15 is 0 Å². The minimum Gasteiger partial charge on any atom is -0.376 e. The van der Waals surface area contributed by atoms with E-state index in [9.17, 15) is 18.8 Å². The van der Waals surface area contributed by atoms with Crippen LogP contribution in [0.5, 0.6) is 0 Å². The summed E-state index contributed by atoms with van der Waals surface area (Å²) in [6, 6.07) is 4.46. The van der Waals surface area contributed by atoms with Gasteiger partial charge >= 0.3 is 0 Å². The van der Waals surface area contributed by atoms with E-state index in [2.05, 4.69) is 5.32 Å². The summed E-state index contributed by atoms with van der Waals surface area (Å²) in [7, 11) is 0. The lowest BCUT2D eigenvalue weighted by atomic mass is 9.91. The van der Waals surface area contributed by atoms with E-state index in [1.807, 2.05) is 25.7 Å². The molecule has 0 bridgehead atoms. The van der Waals surface area contributed by atoms with Crippen LogP contribution in [0, 0.1) is 11.2 Å². The normalized spacial score (nSPS) is 24.7. The van der Waals surface area contributed by atoms with Crippen LogP contribution in [0.4, 0.5) is 4.39 Å². The number of rotatable bonds is 6. The van der Waals surface area contributed by atoms with Crippen LogP contribution in [0.3, 0.4) is 0 Å². The van der Waals surface area contributed by atoms with Gasteiger partial charge in [0.05, 0.1) is 12.1 Å². The van der Waals surface area contributed by atoms with Crippen LogP contribution in [0.25, 0.3) is 0 Å². The van der Waals surface area contributed by atoms with Gasteiger partial charge in [0.2, 0.25) is 11.8 Å². The zero-order chi connectivity index (χ0) is 25.9. The molecule has 3 heterocycles. The van der Waals surface area contributed by atoms with Crippen molar-refractivity contribution in [1.29, 1.82) is 0 Å². The van der Waals surface area contributed by atoms with Crippen molar-refractivity contribution in [1.82, 2.24) is 20.0 Å². The average molecular weight is 503 g/mol. The Morgan fingerprint density at radius 2 is 1.83 bits per heavy atom. The summed E-state index contributed by atoms with van der Waals surface area (Å²) in [5, 5.41) is 3.25. The third-order valence-corrected chi connectivity index (χ3v) is 7.21. The number of nitrogens with zero attached hydrogens (tertiary/aromatic N) is 3. The van der Waals surface area contributed by atoms with Crippen LogP contribution >= 0.6 is 0 Å². The van der Waals surface area contributed by atoms with E-state index in [4.69, 9.17) is 4.74 Å². The summed E-state index contributed by atoms with van der Waals surface area (Å²) in [4.78, 5) is 46.0. The SMILES string of the molecule is CC(C)(C)CC(=O)N(CC1CCCO1)C1CC(C(=O)N2CCNCC2)N(C(=O)c2ccc(F)cc2)C1. The second-order valence-electron chi connectivity index (χ2n) is 11.4. The number of piperazine rings is 1. The summed E-state index contributed by atoms with van der Waals surface area (Å²) >= 11 is 0. The maximum atomic E-state index is 13.6. The molecular weight excluding hydrogens is 463 g/mol. The van der Waals surface area contributed by atoms with Crippen molar-refractivity contribution in [3.05, 3.63) is 35.6 Å². The molecule has 3 atom stereocenters. The van der Waals surface area contributed by atoms with E-state index < -0.39 is 11.9 Å². The number of hydrogen-bond donors (Lipinski definition) is 1. The molecule has 1 aromatic carbocycles. The Labute approximate surface area is 213 Å². The van der Waals surface area contributed by atoms with Crippen molar-refractivity contribution in [3.8, 4) is 0 Å². The van der Waals surface area contributed by atoms with Crippen LogP contribution in [0.1, 0.15) is 56.8 Å². The lowest BCUT2D eigenvalue weighted by Crippen LogP contribution is -2.53. The van der Waals surface area contributed by atoms with Crippen molar-refractivity contribution >= 4 is 17.7 Å². The lowest BCUT2D eigenvalue weighted by Gasteiger charge is -2.33. The molecule has 1 aromatic rings. The molecule has 3 aliphatic heterocycles. The number of likely N-dealkylation sites (tertiary alicyclic amines) is 1. The van der Waals surface area contributed by atoms with Gasteiger partial charge in [-0.15, -0.1) is 0 Å². The van der Waals surface area contributed by atoms with Gasteiger partial charge in [-0.05, 0) is 48.9 Å². The fourth-order valence-corrected chi connectivity index (χ4v) is 5.37. The molecule has 0 aromatic heterocycles. The number of hydrogen-bond acceptors (Lipinski definition) is 5. The average Bonchev–Trinajstić information content (AvgIpc) is 3.52. The highest BCUT2D eigenvalue weighted by Crippen LogP contribution is 2.30. The monoisotopic (exact) mass is 502 g/mol. The molecular formula is C27H39FN4O4. The van der Waals surface area contributed by atoms with Crippen LogP contribution < -0.4 is 5.32 Å². The Morgan fingerprint density at radius 1 is 1.14 bits per heavy atom. The Morgan fingerprint density at radius 3 is 2.44 bits per heavy atom. The van der Waals surface area contributed by atoms with Crippen molar-refractivity contribution in [2.24, 2.45) is 5.41 Å². The van der Waals surface area contributed by atoms with Gasteiger partial charge in [0.15, 0.2) is 0 Å². The van der Waals surface area contributed by atoms with E-state index in [-0.39, 0.29) is 41.8 Å². The molecule has 1 N–H and O–H groups in total. The highest BCUT2D eigenvalue weighted by Gasteiger charge is 2.45. The first-order valence-corrected chi connectivity index (χ1v) is 13.1. The smallest absolute Gasteiger partial charge is 0.254 e. The number of benzene rings is 1. The fourth-order valence-electron chi connectivity index (χ4n) is 5.37. The summed E-state index contributed by atoms with van der Waals surface area (Å²) in [5.41, 5.74) is 0.145. The van der Waals surface area contributed by atoms with Gasteiger partial charge in [0.1, 0.15) is 11.9 Å². The number of carbonyl (C=O) groups is 3. The van der Waals surface area contributed by atoms with Crippen LogP contribution in [-0.4, -0.2) is 96.5 Å². The predicted molar refractivity (Wildman–Crippen MR) is 134 cm³/mol. The van der Waals surface area contributed by atoms with Gasteiger partial charge in [-0.25, -0.2) is 4.39 Å². The summed E-state index contributed by atoms with van der Waals surface area (Å²) in [5.74, 6) is -0.802. The maximum Gasteiger partial charge on any atom is 0.254 e. The van der Waals surface area contributed by atoms with Crippen molar-refractivity contribution < 1.29 is 23.5 Å². The lowest BCUT2D eigenvalue weighted by molar-refractivity contribution is -0.138. The highest BCUT2D eigenvalue weighted by molar-refractivity contribution is 5.98. The first kappa shape index (κ1) is 26.5. The minimum atomic E-state index is -0.667. The standard InChI is InChI=1S/C27H39FN4O4/c1-27(2,3)16-24(33)31(18-22-5-4-14-36-22)21-15-23(26(35)30-12-10-29-11-13-30)32(17-21)25(34)19-6-8-20(28)9-7-19/h6-9,21-23,29H,4-5,10-18H2,1-3H3. The van der Waals surface area contributed by atoms with Gasteiger partial charge in [-0.1, -0.05) is 20.8 Å². The third kappa shape index (κ3) is 6.42. The minimum absolute atomic E-state index is 0.0208. The van der Waals surface area contributed by atoms with Gasteiger partial charge in [-0.3, -0.25) is 14.4 Å². The second-order valence-corrected chi connectivity index (χ2v) is 11.4. The zero-order valence-corrected chi connectivity index (χ0v) is 21.7. The first-order chi connectivity index (χ1) is 17.1. The summed E-state index contributed by atoms with van der Waals surface area (Å²) in [6.45, 7) is 10.1. The fraction of sp³-hybridized carbons (Fsp3) is 0.667. The molecule has 4 rings (SSSR count). The van der Waals surface area contributed by atoms with Gasteiger partial charge in [0, 0.05) is 57.9 Å². The molecule has 8 nitrogen and oxygen atoms in total. The van der Waals surface area contributed by atoms with Crippen molar-refractivity contribution in [2.45, 2.75) is 64.6 Å². The highest BCUT2D eigenvalue weighted by atomic mass is 19.1. The molecule has 3 aliphatic rings. The Bertz CT molecular complexity index is 936. The summed E-state index contributed by atoms with van der Waals surface area (Å²) in [6.07, 6.45) is 2.60. The van der Waals surface area contributed by atoms with Gasteiger partial charge in [0.25, 0.3) is 5.91 Å². The molecule has 198 valence electrons. The van der Waals surface area contributed by atoms with Crippen LogP contribution in [-0.2, 0) is 14.3 Å². The molecule has 3 saturated heterocycles. The second kappa shape index (κ2) is 11.3. The molecule has 0 saturated carbocycles. The summed E-state index contributed by atoms with van der Waals surface area (Å²) < 4.78 is 19.4. The van der Waals surface area contributed by atoms with E-state index in [1.165, 1.54) is 24.3 Å². The quantitative estimate of drug-likeness (QED) is 0.646. The Hall–Kier alpha value is -2.52. The molecule has 36 heavy (non-hydrogen) atoms. The first-order valence-electron chi connectivity index (χ1n) is 13.1. The number of nitrogens with one attached hydrogen (secondary N) is 1. The van der Waals surface area contributed by atoms with E-state index in [0.717, 1.165) is 12.8 Å².